The second-order valence-corrected chi connectivity index (χ2v) is 4.09. The minimum atomic E-state index is -0.388. The van der Waals surface area contributed by atoms with Crippen LogP contribution in [0.2, 0.25) is 0 Å². The maximum atomic E-state index is 13.6. The summed E-state index contributed by atoms with van der Waals surface area (Å²) in [5.74, 6) is 5.40. The van der Waals surface area contributed by atoms with Crippen molar-refractivity contribution in [1.82, 2.24) is 0 Å². The fourth-order valence-corrected chi connectivity index (χ4v) is 1.80. The van der Waals surface area contributed by atoms with Crippen LogP contribution in [0.3, 0.4) is 0 Å². The maximum absolute atomic E-state index is 13.6. The van der Waals surface area contributed by atoms with Crippen LogP contribution in [-0.4, -0.2) is 25.9 Å². The van der Waals surface area contributed by atoms with E-state index in [1.54, 1.807) is 12.1 Å². The summed E-state index contributed by atoms with van der Waals surface area (Å²) < 4.78 is 24.5. The van der Waals surface area contributed by atoms with E-state index in [1.807, 2.05) is 0 Å². The zero-order valence-corrected chi connectivity index (χ0v) is 10.1. The third kappa shape index (κ3) is 3.46. The van der Waals surface area contributed by atoms with Crippen molar-refractivity contribution in [1.29, 1.82) is 0 Å². The van der Waals surface area contributed by atoms with E-state index in [0.29, 0.717) is 17.9 Å². The topological polar surface area (TPSA) is 44.5 Å². The lowest BCUT2D eigenvalue weighted by Crippen LogP contribution is -2.16. The summed E-state index contributed by atoms with van der Waals surface area (Å²) in [6.45, 7) is 1.47. The van der Waals surface area contributed by atoms with Gasteiger partial charge in [0.2, 0.25) is 0 Å². The van der Waals surface area contributed by atoms with Gasteiger partial charge < -0.3 is 15.2 Å². The minimum Gasteiger partial charge on any atom is -0.491 e. The third-order valence-corrected chi connectivity index (χ3v) is 2.73. The number of rotatable bonds is 3. The van der Waals surface area contributed by atoms with Crippen molar-refractivity contribution in [2.75, 3.05) is 19.8 Å². The summed E-state index contributed by atoms with van der Waals surface area (Å²) in [5, 5.41) is 0. The van der Waals surface area contributed by atoms with Crippen molar-refractivity contribution in [3.8, 4) is 17.6 Å². The molecule has 18 heavy (non-hydrogen) atoms. The highest BCUT2D eigenvalue weighted by Gasteiger charge is 2.16. The summed E-state index contributed by atoms with van der Waals surface area (Å²) in [7, 11) is 0. The fourth-order valence-electron chi connectivity index (χ4n) is 1.80. The molecule has 1 atom stereocenters. The Morgan fingerprint density at radius 1 is 1.50 bits per heavy atom. The average Bonchev–Trinajstić information content (AvgIpc) is 2.88. The number of halogens is 1. The van der Waals surface area contributed by atoms with Gasteiger partial charge in [0.15, 0.2) is 0 Å². The summed E-state index contributed by atoms with van der Waals surface area (Å²) in [6.07, 6.45) is 2.20. The van der Waals surface area contributed by atoms with E-state index in [2.05, 4.69) is 11.8 Å². The molecule has 1 aromatic rings. The molecular weight excluding hydrogens is 233 g/mol. The summed E-state index contributed by atoms with van der Waals surface area (Å²) >= 11 is 0. The van der Waals surface area contributed by atoms with Crippen molar-refractivity contribution in [3.63, 3.8) is 0 Å². The minimum absolute atomic E-state index is 0.129. The predicted octanol–water partition coefficient (Wildman–Crippen LogP) is 1.69. The van der Waals surface area contributed by atoms with Crippen molar-refractivity contribution >= 4 is 0 Å². The first-order valence-corrected chi connectivity index (χ1v) is 6.02. The molecule has 1 aromatic carbocycles. The van der Waals surface area contributed by atoms with Crippen molar-refractivity contribution in [3.05, 3.63) is 29.6 Å². The Labute approximate surface area is 106 Å². The zero-order valence-electron chi connectivity index (χ0n) is 10.1. The van der Waals surface area contributed by atoms with Crippen molar-refractivity contribution in [2.45, 2.75) is 18.9 Å². The molecule has 0 radical (unpaired) electrons. The molecule has 0 spiro atoms. The Balaban J connectivity index is 1.95. The van der Waals surface area contributed by atoms with E-state index < -0.39 is 0 Å². The Kier molecular flexibility index (Phi) is 4.57. The van der Waals surface area contributed by atoms with Gasteiger partial charge >= 0.3 is 0 Å². The van der Waals surface area contributed by atoms with Crippen molar-refractivity contribution < 1.29 is 13.9 Å². The maximum Gasteiger partial charge on any atom is 0.142 e. The van der Waals surface area contributed by atoms with Crippen LogP contribution in [0.25, 0.3) is 0 Å². The van der Waals surface area contributed by atoms with Gasteiger partial charge in [0.25, 0.3) is 0 Å². The molecular formula is C14H16FNO2. The van der Waals surface area contributed by atoms with Crippen LogP contribution < -0.4 is 10.5 Å². The number of ether oxygens (including phenoxy) is 2. The van der Waals surface area contributed by atoms with Gasteiger partial charge in [-0.25, -0.2) is 4.39 Å². The number of hydrogen-bond acceptors (Lipinski definition) is 3. The van der Waals surface area contributed by atoms with Gasteiger partial charge in [-0.05, 0) is 25.0 Å². The highest BCUT2D eigenvalue weighted by Crippen LogP contribution is 2.18. The summed E-state index contributed by atoms with van der Waals surface area (Å²) in [6, 6.07) is 4.65. The standard InChI is InChI=1S/C14H16FNO2/c15-14-9-12(6-5-11(14)3-1-7-16)18-10-13-4-2-8-17-13/h5-6,9,13H,2,4,7-8,10,16H2. The lowest BCUT2D eigenvalue weighted by molar-refractivity contribution is 0.0678. The number of hydrogen-bond donors (Lipinski definition) is 1. The van der Waals surface area contributed by atoms with E-state index in [1.165, 1.54) is 6.07 Å². The molecule has 3 nitrogen and oxygen atoms in total. The Hall–Kier alpha value is -1.57. The fraction of sp³-hybridized carbons (Fsp3) is 0.429. The lowest BCUT2D eigenvalue weighted by atomic mass is 10.2. The van der Waals surface area contributed by atoms with Gasteiger partial charge in [0.05, 0.1) is 18.2 Å². The molecule has 0 amide bonds. The molecule has 0 bridgehead atoms. The molecule has 0 saturated carbocycles. The molecule has 96 valence electrons. The first-order valence-electron chi connectivity index (χ1n) is 6.02. The monoisotopic (exact) mass is 249 g/mol. The average molecular weight is 249 g/mol. The van der Waals surface area contributed by atoms with Crippen LogP contribution in [0.5, 0.6) is 5.75 Å². The SMILES string of the molecule is NCC#Cc1ccc(OCC2CCCO2)cc1F. The Morgan fingerprint density at radius 2 is 2.39 bits per heavy atom. The normalized spacial score (nSPS) is 18.2. The molecule has 1 fully saturated rings. The lowest BCUT2D eigenvalue weighted by Gasteiger charge is -2.11. The molecule has 0 aromatic heterocycles. The van der Waals surface area contributed by atoms with Crippen LogP contribution in [0, 0.1) is 17.7 Å². The number of benzene rings is 1. The smallest absolute Gasteiger partial charge is 0.142 e. The van der Waals surface area contributed by atoms with E-state index in [9.17, 15) is 4.39 Å². The van der Waals surface area contributed by atoms with Crippen LogP contribution in [-0.2, 0) is 4.74 Å². The predicted molar refractivity (Wildman–Crippen MR) is 66.8 cm³/mol. The van der Waals surface area contributed by atoms with E-state index in [4.69, 9.17) is 15.2 Å². The Morgan fingerprint density at radius 3 is 3.06 bits per heavy atom. The second kappa shape index (κ2) is 6.39. The first kappa shape index (κ1) is 12.9. The highest BCUT2D eigenvalue weighted by molar-refractivity contribution is 5.39. The largest absolute Gasteiger partial charge is 0.491 e. The quantitative estimate of drug-likeness (QED) is 0.829. The number of nitrogens with two attached hydrogens (primary N) is 1. The molecule has 2 N–H and O–H groups in total. The van der Waals surface area contributed by atoms with Crippen LogP contribution in [0.15, 0.2) is 18.2 Å². The molecule has 1 heterocycles. The van der Waals surface area contributed by atoms with E-state index in [0.717, 1.165) is 19.4 Å². The van der Waals surface area contributed by atoms with Gasteiger partial charge in [-0.2, -0.15) is 0 Å². The van der Waals surface area contributed by atoms with Crippen LogP contribution in [0.4, 0.5) is 4.39 Å². The van der Waals surface area contributed by atoms with Gasteiger partial charge in [-0.1, -0.05) is 11.8 Å². The summed E-state index contributed by atoms with van der Waals surface area (Å²) in [4.78, 5) is 0. The second-order valence-electron chi connectivity index (χ2n) is 4.09. The zero-order chi connectivity index (χ0) is 12.8. The highest BCUT2D eigenvalue weighted by atomic mass is 19.1. The van der Waals surface area contributed by atoms with Gasteiger partial charge in [-0.3, -0.25) is 0 Å². The molecule has 1 saturated heterocycles. The third-order valence-electron chi connectivity index (χ3n) is 2.73. The van der Waals surface area contributed by atoms with Gasteiger partial charge in [-0.15, -0.1) is 0 Å². The van der Waals surface area contributed by atoms with Gasteiger partial charge in [0, 0.05) is 12.7 Å². The molecule has 4 heteroatoms. The molecule has 1 aliphatic rings. The Bertz CT molecular complexity index is 459. The van der Waals surface area contributed by atoms with Gasteiger partial charge in [0.1, 0.15) is 18.2 Å². The first-order chi connectivity index (χ1) is 8.79. The molecule has 0 aliphatic carbocycles. The van der Waals surface area contributed by atoms with Crippen LogP contribution >= 0.6 is 0 Å². The van der Waals surface area contributed by atoms with E-state index >= 15 is 0 Å². The van der Waals surface area contributed by atoms with E-state index in [-0.39, 0.29) is 18.5 Å². The molecule has 2 rings (SSSR count). The molecule has 1 unspecified atom stereocenters. The summed E-state index contributed by atoms with van der Waals surface area (Å²) in [5.41, 5.74) is 5.58. The van der Waals surface area contributed by atoms with Crippen LogP contribution in [0.1, 0.15) is 18.4 Å². The molecule has 1 aliphatic heterocycles. The van der Waals surface area contributed by atoms with Crippen molar-refractivity contribution in [2.24, 2.45) is 5.73 Å².